The molecule has 0 radical (unpaired) electrons. The quantitative estimate of drug-likeness (QED) is 0.666. The van der Waals surface area contributed by atoms with Crippen molar-refractivity contribution in [3.8, 4) is 5.75 Å². The maximum atomic E-state index is 11.9. The van der Waals surface area contributed by atoms with Crippen LogP contribution in [0.1, 0.15) is 22.8 Å². The zero-order chi connectivity index (χ0) is 15.4. The molecule has 0 fully saturated rings. The van der Waals surface area contributed by atoms with Crippen molar-refractivity contribution in [2.24, 2.45) is 5.10 Å². The number of amides is 1. The van der Waals surface area contributed by atoms with Gasteiger partial charge in [0, 0.05) is 21.2 Å². The highest BCUT2D eigenvalue weighted by atomic mass is 35.5. The summed E-state index contributed by atoms with van der Waals surface area (Å²) in [6.45, 7) is 1.72. The predicted octanol–water partition coefficient (Wildman–Crippen LogP) is 3.85. The average molecular weight is 323 g/mol. The Balaban J connectivity index is 2.14. The molecule has 0 heterocycles. The molecule has 6 heteroatoms. The van der Waals surface area contributed by atoms with Crippen LogP contribution in [0.3, 0.4) is 0 Å². The number of hydrogen-bond acceptors (Lipinski definition) is 3. The third kappa shape index (κ3) is 3.97. The standard InChI is InChI=1S/C15H12Cl2N2O2/c1-9(13-8-11(16)4-7-14(13)17)18-19-15(21)10-2-5-12(20)6-3-10/h2-8,20H,1H3,(H,19,21)/b18-9+. The van der Waals surface area contributed by atoms with Crippen LogP contribution in [0.25, 0.3) is 0 Å². The van der Waals surface area contributed by atoms with E-state index < -0.39 is 0 Å². The molecule has 2 rings (SSSR count). The minimum Gasteiger partial charge on any atom is -0.508 e. The van der Waals surface area contributed by atoms with E-state index in [0.717, 1.165) is 0 Å². The fourth-order valence-corrected chi connectivity index (χ4v) is 2.07. The fourth-order valence-electron chi connectivity index (χ4n) is 1.65. The molecule has 0 aliphatic heterocycles. The Hall–Kier alpha value is -2.04. The van der Waals surface area contributed by atoms with Gasteiger partial charge in [0.05, 0.1) is 5.71 Å². The van der Waals surface area contributed by atoms with Crippen molar-refractivity contribution in [3.05, 3.63) is 63.6 Å². The van der Waals surface area contributed by atoms with Crippen LogP contribution in [-0.4, -0.2) is 16.7 Å². The molecule has 108 valence electrons. The zero-order valence-corrected chi connectivity index (χ0v) is 12.6. The molecular formula is C15H12Cl2N2O2. The second-order valence-corrected chi connectivity index (χ2v) is 5.15. The summed E-state index contributed by atoms with van der Waals surface area (Å²) >= 11 is 12.0. The number of nitrogens with zero attached hydrogens (tertiary/aromatic N) is 1. The van der Waals surface area contributed by atoms with E-state index in [0.29, 0.717) is 26.9 Å². The van der Waals surface area contributed by atoms with Crippen molar-refractivity contribution in [2.75, 3.05) is 0 Å². The van der Waals surface area contributed by atoms with E-state index in [1.807, 2.05) is 0 Å². The van der Waals surface area contributed by atoms with E-state index in [2.05, 4.69) is 10.5 Å². The number of phenolic OH excluding ortho intramolecular Hbond substituents is 1. The summed E-state index contributed by atoms with van der Waals surface area (Å²) in [6, 6.07) is 10.9. The summed E-state index contributed by atoms with van der Waals surface area (Å²) in [5, 5.41) is 14.2. The fraction of sp³-hybridized carbons (Fsp3) is 0.0667. The molecule has 2 aromatic rings. The number of nitrogens with one attached hydrogen (secondary N) is 1. The molecule has 0 aliphatic rings. The first-order valence-corrected chi connectivity index (χ1v) is 6.82. The van der Waals surface area contributed by atoms with Crippen LogP contribution < -0.4 is 5.43 Å². The van der Waals surface area contributed by atoms with Crippen LogP contribution in [0.15, 0.2) is 47.6 Å². The molecule has 0 atom stereocenters. The molecule has 2 N–H and O–H groups in total. The summed E-state index contributed by atoms with van der Waals surface area (Å²) in [7, 11) is 0. The van der Waals surface area contributed by atoms with Crippen molar-refractivity contribution < 1.29 is 9.90 Å². The Bertz CT molecular complexity index is 697. The third-order valence-electron chi connectivity index (χ3n) is 2.77. The number of hydrogen-bond donors (Lipinski definition) is 2. The molecule has 0 unspecified atom stereocenters. The molecule has 0 saturated heterocycles. The van der Waals surface area contributed by atoms with Gasteiger partial charge in [0.25, 0.3) is 5.91 Å². The molecule has 2 aromatic carbocycles. The van der Waals surface area contributed by atoms with Gasteiger partial charge in [-0.15, -0.1) is 0 Å². The van der Waals surface area contributed by atoms with Gasteiger partial charge < -0.3 is 5.11 Å². The highest BCUT2D eigenvalue weighted by Crippen LogP contribution is 2.21. The number of halogens is 2. The molecule has 0 aromatic heterocycles. The normalized spacial score (nSPS) is 11.3. The molecule has 0 saturated carbocycles. The lowest BCUT2D eigenvalue weighted by atomic mass is 10.1. The van der Waals surface area contributed by atoms with E-state index >= 15 is 0 Å². The van der Waals surface area contributed by atoms with E-state index in [1.54, 1.807) is 25.1 Å². The van der Waals surface area contributed by atoms with Crippen molar-refractivity contribution in [1.82, 2.24) is 5.43 Å². The van der Waals surface area contributed by atoms with Gasteiger partial charge in [0.2, 0.25) is 0 Å². The molecular weight excluding hydrogens is 311 g/mol. The lowest BCUT2D eigenvalue weighted by Gasteiger charge is -2.05. The topological polar surface area (TPSA) is 61.7 Å². The van der Waals surface area contributed by atoms with E-state index in [1.165, 1.54) is 24.3 Å². The first-order chi connectivity index (χ1) is 9.97. The number of carbonyl (C=O) groups excluding carboxylic acids is 1. The van der Waals surface area contributed by atoms with E-state index in [-0.39, 0.29) is 11.7 Å². The van der Waals surface area contributed by atoms with Gasteiger partial charge in [-0.05, 0) is 49.4 Å². The van der Waals surface area contributed by atoms with Gasteiger partial charge in [-0.25, -0.2) is 5.43 Å². The highest BCUT2D eigenvalue weighted by molar-refractivity contribution is 6.36. The summed E-state index contributed by atoms with van der Waals surface area (Å²) in [6.07, 6.45) is 0. The Morgan fingerprint density at radius 1 is 1.14 bits per heavy atom. The third-order valence-corrected chi connectivity index (χ3v) is 3.34. The van der Waals surface area contributed by atoms with Crippen molar-refractivity contribution in [3.63, 3.8) is 0 Å². The smallest absolute Gasteiger partial charge is 0.271 e. The Morgan fingerprint density at radius 3 is 2.48 bits per heavy atom. The Morgan fingerprint density at radius 2 is 1.81 bits per heavy atom. The number of phenols is 1. The first kappa shape index (κ1) is 15.4. The molecule has 4 nitrogen and oxygen atoms in total. The lowest BCUT2D eigenvalue weighted by molar-refractivity contribution is 0.0955. The Labute approximate surface area is 132 Å². The van der Waals surface area contributed by atoms with Crippen LogP contribution in [0.5, 0.6) is 5.75 Å². The number of hydrazone groups is 1. The molecule has 1 amide bonds. The minimum absolute atomic E-state index is 0.0944. The second kappa shape index (κ2) is 6.61. The number of carbonyl (C=O) groups is 1. The van der Waals surface area contributed by atoms with Crippen molar-refractivity contribution in [2.45, 2.75) is 6.92 Å². The monoisotopic (exact) mass is 322 g/mol. The lowest BCUT2D eigenvalue weighted by Crippen LogP contribution is -2.19. The van der Waals surface area contributed by atoms with Crippen molar-refractivity contribution in [1.29, 1.82) is 0 Å². The van der Waals surface area contributed by atoms with Crippen LogP contribution in [0.4, 0.5) is 0 Å². The summed E-state index contributed by atoms with van der Waals surface area (Å²) in [5.74, 6) is -0.288. The molecule has 0 bridgehead atoms. The van der Waals surface area contributed by atoms with Gasteiger partial charge in [-0.2, -0.15) is 5.10 Å². The first-order valence-electron chi connectivity index (χ1n) is 6.06. The molecule has 21 heavy (non-hydrogen) atoms. The molecule has 0 spiro atoms. The summed E-state index contributed by atoms with van der Waals surface area (Å²) < 4.78 is 0. The second-order valence-electron chi connectivity index (χ2n) is 4.31. The maximum Gasteiger partial charge on any atom is 0.271 e. The van der Waals surface area contributed by atoms with Gasteiger partial charge in [-0.3, -0.25) is 4.79 Å². The highest BCUT2D eigenvalue weighted by Gasteiger charge is 2.07. The van der Waals surface area contributed by atoms with Gasteiger partial charge in [-0.1, -0.05) is 23.2 Å². The minimum atomic E-state index is -0.382. The summed E-state index contributed by atoms with van der Waals surface area (Å²) in [5.41, 5.74) is 4.00. The van der Waals surface area contributed by atoms with Crippen molar-refractivity contribution >= 4 is 34.8 Å². The van der Waals surface area contributed by atoms with Gasteiger partial charge in [0.15, 0.2) is 0 Å². The molecule has 0 aliphatic carbocycles. The van der Waals surface area contributed by atoms with Crippen LogP contribution in [0, 0.1) is 0 Å². The van der Waals surface area contributed by atoms with Gasteiger partial charge >= 0.3 is 0 Å². The SMILES string of the molecule is C/C(=N\NC(=O)c1ccc(O)cc1)c1cc(Cl)ccc1Cl. The summed E-state index contributed by atoms with van der Waals surface area (Å²) in [4.78, 5) is 11.9. The largest absolute Gasteiger partial charge is 0.508 e. The number of benzene rings is 2. The zero-order valence-electron chi connectivity index (χ0n) is 11.1. The van der Waals surface area contributed by atoms with Crippen LogP contribution in [0.2, 0.25) is 10.0 Å². The van der Waals surface area contributed by atoms with E-state index in [9.17, 15) is 9.90 Å². The van der Waals surface area contributed by atoms with Crippen LogP contribution >= 0.6 is 23.2 Å². The number of rotatable bonds is 3. The Kier molecular flexibility index (Phi) is 4.83. The predicted molar refractivity (Wildman–Crippen MR) is 84.2 cm³/mol. The van der Waals surface area contributed by atoms with Crippen LogP contribution in [-0.2, 0) is 0 Å². The number of aromatic hydroxyl groups is 1. The maximum absolute atomic E-state index is 11.9. The average Bonchev–Trinajstić information content (AvgIpc) is 2.47. The van der Waals surface area contributed by atoms with Gasteiger partial charge in [0.1, 0.15) is 5.75 Å². The van der Waals surface area contributed by atoms with E-state index in [4.69, 9.17) is 23.2 Å².